The average molecular weight is 313 g/mol. The van der Waals surface area contributed by atoms with Crippen LogP contribution in [0, 0.1) is 5.92 Å². The zero-order valence-corrected chi connectivity index (χ0v) is 14.7. The standard InChI is InChI=1S/C20H31N3/c1-22(2)20(18-6-4-3-5-7-18)12-10-19(11-13-20)15-21-16-23(19)14-17-8-9-17/h3-7,17,21H,8-16H2,1-2H3/t19-,20+. The predicted molar refractivity (Wildman–Crippen MR) is 95.3 cm³/mol. The second kappa shape index (κ2) is 5.87. The number of hydrogen-bond donors (Lipinski definition) is 1. The van der Waals surface area contributed by atoms with Crippen LogP contribution in [-0.4, -0.2) is 49.2 Å². The van der Waals surface area contributed by atoms with E-state index >= 15 is 0 Å². The number of hydrogen-bond acceptors (Lipinski definition) is 3. The van der Waals surface area contributed by atoms with Crippen LogP contribution in [0.25, 0.3) is 0 Å². The Morgan fingerprint density at radius 2 is 1.78 bits per heavy atom. The number of benzene rings is 1. The first-order valence-electron chi connectivity index (χ1n) is 9.33. The molecule has 23 heavy (non-hydrogen) atoms. The van der Waals surface area contributed by atoms with Crippen LogP contribution in [0.1, 0.15) is 44.1 Å². The lowest BCUT2D eigenvalue weighted by Gasteiger charge is -2.51. The zero-order chi connectivity index (χ0) is 15.9. The second-order valence-electron chi connectivity index (χ2n) is 8.27. The van der Waals surface area contributed by atoms with E-state index in [0.717, 1.165) is 12.6 Å². The molecule has 0 bridgehead atoms. The summed E-state index contributed by atoms with van der Waals surface area (Å²) in [6, 6.07) is 11.2. The van der Waals surface area contributed by atoms with E-state index in [2.05, 4.69) is 59.5 Å². The molecule has 1 N–H and O–H groups in total. The SMILES string of the molecule is CN(C)[C@]1(c2ccccc2)CC[C@]2(CC1)CNCN2CC1CC1. The van der Waals surface area contributed by atoms with Crippen molar-refractivity contribution in [3.63, 3.8) is 0 Å². The van der Waals surface area contributed by atoms with Gasteiger partial charge in [-0.25, -0.2) is 0 Å². The van der Waals surface area contributed by atoms with Gasteiger partial charge in [-0.3, -0.25) is 9.80 Å². The first-order valence-corrected chi connectivity index (χ1v) is 9.33. The average Bonchev–Trinajstić information content (AvgIpc) is 3.32. The van der Waals surface area contributed by atoms with Gasteiger partial charge in [0.1, 0.15) is 0 Å². The fraction of sp³-hybridized carbons (Fsp3) is 0.700. The molecular weight excluding hydrogens is 282 g/mol. The lowest BCUT2D eigenvalue weighted by Crippen LogP contribution is -2.55. The summed E-state index contributed by atoms with van der Waals surface area (Å²) in [7, 11) is 4.53. The second-order valence-corrected chi connectivity index (χ2v) is 8.27. The van der Waals surface area contributed by atoms with Crippen molar-refractivity contribution >= 4 is 0 Å². The molecule has 3 heteroatoms. The Bertz CT molecular complexity index is 527. The monoisotopic (exact) mass is 313 g/mol. The molecule has 2 saturated carbocycles. The molecule has 3 fully saturated rings. The minimum atomic E-state index is 0.223. The van der Waals surface area contributed by atoms with E-state index in [1.54, 1.807) is 0 Å². The molecular formula is C20H31N3. The van der Waals surface area contributed by atoms with Gasteiger partial charge in [0, 0.05) is 30.8 Å². The van der Waals surface area contributed by atoms with Crippen LogP contribution in [0.2, 0.25) is 0 Å². The number of nitrogens with one attached hydrogen (secondary N) is 1. The van der Waals surface area contributed by atoms with Crippen molar-refractivity contribution in [3.05, 3.63) is 35.9 Å². The highest BCUT2D eigenvalue weighted by molar-refractivity contribution is 5.26. The summed E-state index contributed by atoms with van der Waals surface area (Å²) in [4.78, 5) is 5.26. The Hall–Kier alpha value is -0.900. The molecule has 0 aromatic heterocycles. The molecule has 1 aliphatic heterocycles. The topological polar surface area (TPSA) is 18.5 Å². The van der Waals surface area contributed by atoms with E-state index in [-0.39, 0.29) is 5.54 Å². The van der Waals surface area contributed by atoms with Crippen molar-refractivity contribution in [1.29, 1.82) is 0 Å². The fourth-order valence-corrected chi connectivity index (χ4v) is 4.94. The summed E-state index contributed by atoms with van der Waals surface area (Å²) >= 11 is 0. The van der Waals surface area contributed by atoms with Crippen LogP contribution < -0.4 is 5.32 Å². The van der Waals surface area contributed by atoms with Gasteiger partial charge < -0.3 is 5.32 Å². The van der Waals surface area contributed by atoms with Crippen LogP contribution in [0.4, 0.5) is 0 Å². The van der Waals surface area contributed by atoms with E-state index < -0.39 is 0 Å². The van der Waals surface area contributed by atoms with Gasteiger partial charge in [0.05, 0.1) is 0 Å². The van der Waals surface area contributed by atoms with Crippen molar-refractivity contribution in [2.75, 3.05) is 33.9 Å². The van der Waals surface area contributed by atoms with E-state index in [1.165, 1.54) is 57.2 Å². The Morgan fingerprint density at radius 1 is 1.09 bits per heavy atom. The van der Waals surface area contributed by atoms with Crippen molar-refractivity contribution in [1.82, 2.24) is 15.1 Å². The summed E-state index contributed by atoms with van der Waals surface area (Å²) in [6.07, 6.45) is 8.09. The maximum Gasteiger partial charge on any atom is 0.0486 e. The highest BCUT2D eigenvalue weighted by Gasteiger charge is 2.50. The van der Waals surface area contributed by atoms with Crippen LogP contribution in [0.5, 0.6) is 0 Å². The van der Waals surface area contributed by atoms with E-state index in [4.69, 9.17) is 0 Å². The van der Waals surface area contributed by atoms with Gasteiger partial charge in [-0.1, -0.05) is 30.3 Å². The molecule has 3 aliphatic rings. The normalized spacial score (nSPS) is 35.3. The minimum Gasteiger partial charge on any atom is -0.302 e. The van der Waals surface area contributed by atoms with Gasteiger partial charge in [-0.05, 0) is 64.1 Å². The lowest BCUT2D eigenvalue weighted by molar-refractivity contribution is 0.0142. The van der Waals surface area contributed by atoms with Gasteiger partial charge in [0.15, 0.2) is 0 Å². The van der Waals surface area contributed by atoms with Gasteiger partial charge in [0.25, 0.3) is 0 Å². The number of nitrogens with zero attached hydrogens (tertiary/aromatic N) is 2. The minimum absolute atomic E-state index is 0.223. The lowest BCUT2D eigenvalue weighted by atomic mass is 9.68. The first-order chi connectivity index (χ1) is 11.1. The molecule has 0 amide bonds. The molecule has 1 aromatic rings. The van der Waals surface area contributed by atoms with Gasteiger partial charge in [-0.2, -0.15) is 0 Å². The van der Waals surface area contributed by atoms with Crippen LogP contribution >= 0.6 is 0 Å². The third-order valence-corrected chi connectivity index (χ3v) is 6.78. The zero-order valence-electron chi connectivity index (χ0n) is 14.7. The van der Waals surface area contributed by atoms with E-state index in [1.807, 2.05) is 0 Å². The van der Waals surface area contributed by atoms with Gasteiger partial charge in [0.2, 0.25) is 0 Å². The highest BCUT2D eigenvalue weighted by Crippen LogP contribution is 2.48. The van der Waals surface area contributed by atoms with Crippen molar-refractivity contribution in [2.45, 2.75) is 49.6 Å². The van der Waals surface area contributed by atoms with Gasteiger partial charge in [-0.15, -0.1) is 0 Å². The molecule has 1 spiro atoms. The molecule has 126 valence electrons. The summed E-state index contributed by atoms with van der Waals surface area (Å²) < 4.78 is 0. The molecule has 3 nitrogen and oxygen atoms in total. The Labute approximate surface area is 141 Å². The van der Waals surface area contributed by atoms with Crippen LogP contribution in [-0.2, 0) is 5.54 Å². The predicted octanol–water partition coefficient (Wildman–Crippen LogP) is 3.03. The summed E-state index contributed by atoms with van der Waals surface area (Å²) in [5.74, 6) is 0.987. The third-order valence-electron chi connectivity index (χ3n) is 6.78. The highest BCUT2D eigenvalue weighted by atomic mass is 15.3. The van der Waals surface area contributed by atoms with E-state index in [0.29, 0.717) is 5.54 Å². The van der Waals surface area contributed by atoms with Crippen LogP contribution in [0.15, 0.2) is 30.3 Å². The van der Waals surface area contributed by atoms with Crippen molar-refractivity contribution in [2.24, 2.45) is 5.92 Å². The maximum atomic E-state index is 3.67. The Balaban J connectivity index is 1.54. The molecule has 2 aliphatic carbocycles. The largest absolute Gasteiger partial charge is 0.302 e. The summed E-state index contributed by atoms with van der Waals surface area (Å²) in [5, 5.41) is 3.67. The van der Waals surface area contributed by atoms with E-state index in [9.17, 15) is 0 Å². The maximum absolute atomic E-state index is 3.67. The molecule has 1 saturated heterocycles. The number of rotatable bonds is 4. The molecule has 1 heterocycles. The smallest absolute Gasteiger partial charge is 0.0486 e. The quantitative estimate of drug-likeness (QED) is 0.922. The van der Waals surface area contributed by atoms with Gasteiger partial charge >= 0.3 is 0 Å². The van der Waals surface area contributed by atoms with Crippen molar-refractivity contribution < 1.29 is 0 Å². The summed E-state index contributed by atoms with van der Waals surface area (Å²) in [6.45, 7) is 3.63. The molecule has 1 aromatic carbocycles. The van der Waals surface area contributed by atoms with Crippen molar-refractivity contribution in [3.8, 4) is 0 Å². The molecule has 0 unspecified atom stereocenters. The first kappa shape index (κ1) is 15.6. The fourth-order valence-electron chi connectivity index (χ4n) is 4.94. The Morgan fingerprint density at radius 3 is 2.39 bits per heavy atom. The molecule has 4 rings (SSSR count). The van der Waals surface area contributed by atoms with Crippen LogP contribution in [0.3, 0.4) is 0 Å². The Kier molecular flexibility index (Phi) is 3.99. The third kappa shape index (κ3) is 2.73. The summed E-state index contributed by atoms with van der Waals surface area (Å²) in [5.41, 5.74) is 2.15. The molecule has 0 radical (unpaired) electrons. The molecule has 0 atom stereocenters.